The number of hydrogen-bond donors (Lipinski definition) is 0. The first-order chi connectivity index (χ1) is 6.20. The van der Waals surface area contributed by atoms with Crippen molar-refractivity contribution in [3.8, 4) is 0 Å². The molecule has 0 rings (SSSR count). The topological polar surface area (TPSA) is 9.23 Å². The molecule has 1 heteroatoms. The van der Waals surface area contributed by atoms with Crippen molar-refractivity contribution in [2.45, 2.75) is 53.1 Å². The molecule has 0 fully saturated rings. The van der Waals surface area contributed by atoms with Gasteiger partial charge in [-0.25, -0.2) is 0 Å². The van der Waals surface area contributed by atoms with Crippen LogP contribution in [0.3, 0.4) is 0 Å². The molecule has 0 saturated carbocycles. The highest BCUT2D eigenvalue weighted by Gasteiger charge is 2.02. The minimum absolute atomic E-state index is 0.398. The third-order valence-electron chi connectivity index (χ3n) is 2.19. The van der Waals surface area contributed by atoms with Gasteiger partial charge in [-0.2, -0.15) is 0 Å². The van der Waals surface area contributed by atoms with Gasteiger partial charge in [-0.05, 0) is 33.6 Å². The van der Waals surface area contributed by atoms with Gasteiger partial charge in [0.1, 0.15) is 0 Å². The van der Waals surface area contributed by atoms with Gasteiger partial charge in [0, 0.05) is 0 Å². The van der Waals surface area contributed by atoms with Crippen LogP contribution in [-0.2, 0) is 4.74 Å². The molecule has 0 aromatic heterocycles. The number of allylic oxidation sites excluding steroid dienone is 1. The summed E-state index contributed by atoms with van der Waals surface area (Å²) in [6.07, 6.45) is 8.33. The number of ether oxygens (including phenoxy) is 1. The maximum atomic E-state index is 5.66. The molecule has 0 saturated heterocycles. The van der Waals surface area contributed by atoms with Crippen molar-refractivity contribution in [3.05, 3.63) is 18.1 Å². The van der Waals surface area contributed by atoms with E-state index in [0.29, 0.717) is 6.10 Å². The molecule has 0 N–H and O–H groups in total. The Morgan fingerprint density at radius 2 is 2.23 bits per heavy atom. The fourth-order valence-corrected chi connectivity index (χ4v) is 1.05. The summed E-state index contributed by atoms with van der Waals surface area (Å²) >= 11 is 0. The highest BCUT2D eigenvalue weighted by atomic mass is 16.5. The van der Waals surface area contributed by atoms with Crippen molar-refractivity contribution in [1.29, 1.82) is 0 Å². The lowest BCUT2D eigenvalue weighted by Crippen LogP contribution is -2.09. The van der Waals surface area contributed by atoms with E-state index in [-0.39, 0.29) is 0 Å². The summed E-state index contributed by atoms with van der Waals surface area (Å²) in [6, 6.07) is 0. The van der Waals surface area contributed by atoms with E-state index in [0.717, 1.165) is 6.61 Å². The molecule has 0 heterocycles. The Morgan fingerprint density at radius 1 is 1.54 bits per heavy atom. The lowest BCUT2D eigenvalue weighted by atomic mass is 10.1. The molecule has 76 valence electrons. The fourth-order valence-electron chi connectivity index (χ4n) is 1.05. The second kappa shape index (κ2) is 8.18. The zero-order valence-electron chi connectivity index (χ0n) is 9.47. The molecule has 0 aliphatic carbocycles. The van der Waals surface area contributed by atoms with Crippen molar-refractivity contribution >= 4 is 0 Å². The van der Waals surface area contributed by atoms with Crippen LogP contribution in [0.15, 0.2) is 11.6 Å². The molecule has 0 aliphatic rings. The van der Waals surface area contributed by atoms with Gasteiger partial charge in [-0.1, -0.05) is 11.6 Å². The van der Waals surface area contributed by atoms with Crippen LogP contribution in [0.5, 0.6) is 0 Å². The van der Waals surface area contributed by atoms with E-state index in [4.69, 9.17) is 4.74 Å². The van der Waals surface area contributed by atoms with Crippen molar-refractivity contribution < 1.29 is 4.74 Å². The maximum absolute atomic E-state index is 5.66. The summed E-state index contributed by atoms with van der Waals surface area (Å²) < 4.78 is 5.66. The van der Waals surface area contributed by atoms with Gasteiger partial charge in [-0.3, -0.25) is 0 Å². The molecule has 0 spiro atoms. The third kappa shape index (κ3) is 7.92. The van der Waals surface area contributed by atoms with Crippen molar-refractivity contribution in [2.24, 2.45) is 0 Å². The highest BCUT2D eigenvalue weighted by Crippen LogP contribution is 2.07. The van der Waals surface area contributed by atoms with Crippen LogP contribution < -0.4 is 0 Å². The van der Waals surface area contributed by atoms with Gasteiger partial charge in [0.2, 0.25) is 0 Å². The van der Waals surface area contributed by atoms with Crippen molar-refractivity contribution in [2.75, 3.05) is 6.61 Å². The Kier molecular flexibility index (Phi) is 7.91. The SMILES string of the molecule is CC=C(C)COC(C)CCC[CH+]C. The molecular weight excluding hydrogens is 160 g/mol. The highest BCUT2D eigenvalue weighted by molar-refractivity contribution is 4.95. The Balaban J connectivity index is 3.34. The summed E-state index contributed by atoms with van der Waals surface area (Å²) in [6.45, 7) is 9.20. The first-order valence-corrected chi connectivity index (χ1v) is 5.22. The summed E-state index contributed by atoms with van der Waals surface area (Å²) in [5, 5.41) is 0. The van der Waals surface area contributed by atoms with E-state index in [1.165, 1.54) is 24.8 Å². The monoisotopic (exact) mass is 183 g/mol. The van der Waals surface area contributed by atoms with Gasteiger partial charge in [0.25, 0.3) is 0 Å². The van der Waals surface area contributed by atoms with E-state index in [1.807, 2.05) is 0 Å². The zero-order chi connectivity index (χ0) is 10.1. The standard InChI is InChI=1S/C12H23O/c1-5-7-8-9-12(4)13-10-11(3)6-2/h5-6,12H,7-10H2,1-4H3/q+1. The van der Waals surface area contributed by atoms with Crippen LogP contribution in [0.25, 0.3) is 0 Å². The minimum atomic E-state index is 0.398. The molecule has 0 amide bonds. The van der Waals surface area contributed by atoms with Crippen molar-refractivity contribution in [1.82, 2.24) is 0 Å². The predicted molar refractivity (Wildman–Crippen MR) is 58.7 cm³/mol. The molecule has 0 bridgehead atoms. The van der Waals surface area contributed by atoms with Crippen LogP contribution in [0.1, 0.15) is 47.0 Å². The minimum Gasteiger partial charge on any atom is -0.374 e. The van der Waals surface area contributed by atoms with Crippen molar-refractivity contribution in [3.63, 3.8) is 0 Å². The van der Waals surface area contributed by atoms with Gasteiger partial charge in [0.05, 0.1) is 32.5 Å². The summed E-state index contributed by atoms with van der Waals surface area (Å²) in [7, 11) is 0. The number of hydrogen-bond acceptors (Lipinski definition) is 1. The normalized spacial score (nSPS) is 14.3. The third-order valence-corrected chi connectivity index (χ3v) is 2.19. The average molecular weight is 183 g/mol. The molecule has 13 heavy (non-hydrogen) atoms. The lowest BCUT2D eigenvalue weighted by Gasteiger charge is -2.11. The molecule has 1 atom stereocenters. The first-order valence-electron chi connectivity index (χ1n) is 5.22. The van der Waals surface area contributed by atoms with Gasteiger partial charge in [-0.15, -0.1) is 0 Å². The first kappa shape index (κ1) is 12.6. The largest absolute Gasteiger partial charge is 0.374 e. The van der Waals surface area contributed by atoms with Gasteiger partial charge in [0.15, 0.2) is 0 Å². The molecule has 1 nitrogen and oxygen atoms in total. The van der Waals surface area contributed by atoms with E-state index in [9.17, 15) is 0 Å². The Morgan fingerprint density at radius 3 is 2.77 bits per heavy atom. The Hall–Kier alpha value is -0.430. The summed E-state index contributed by atoms with van der Waals surface area (Å²) in [5.74, 6) is 0. The van der Waals surface area contributed by atoms with Crippen LogP contribution in [0, 0.1) is 6.42 Å². The van der Waals surface area contributed by atoms with E-state index >= 15 is 0 Å². The lowest BCUT2D eigenvalue weighted by molar-refractivity contribution is 0.0756. The second-order valence-corrected chi connectivity index (χ2v) is 3.60. The van der Waals surface area contributed by atoms with Gasteiger partial charge >= 0.3 is 0 Å². The van der Waals surface area contributed by atoms with E-state index in [1.54, 1.807) is 0 Å². The summed E-state index contributed by atoms with van der Waals surface area (Å²) in [5.41, 5.74) is 1.31. The molecule has 1 unspecified atom stereocenters. The predicted octanol–water partition coefficient (Wildman–Crippen LogP) is 3.75. The van der Waals surface area contributed by atoms with Crippen LogP contribution in [0.4, 0.5) is 0 Å². The Labute approximate surface area is 83.2 Å². The average Bonchev–Trinajstić information content (AvgIpc) is 2.14. The fraction of sp³-hybridized carbons (Fsp3) is 0.750. The second-order valence-electron chi connectivity index (χ2n) is 3.60. The van der Waals surface area contributed by atoms with Crippen LogP contribution in [0.2, 0.25) is 0 Å². The van der Waals surface area contributed by atoms with E-state index < -0.39 is 0 Å². The van der Waals surface area contributed by atoms with Crippen LogP contribution in [-0.4, -0.2) is 12.7 Å². The molecule has 0 aliphatic heterocycles. The smallest absolute Gasteiger partial charge is 0.0873 e. The zero-order valence-corrected chi connectivity index (χ0v) is 9.47. The molecule has 0 aromatic carbocycles. The van der Waals surface area contributed by atoms with E-state index in [2.05, 4.69) is 40.2 Å². The molecule has 0 aromatic rings. The summed E-state index contributed by atoms with van der Waals surface area (Å²) in [4.78, 5) is 0. The molecule has 0 radical (unpaired) electrons. The quantitative estimate of drug-likeness (QED) is 0.332. The Bertz CT molecular complexity index is 138. The number of unbranched alkanes of at least 4 members (excludes halogenated alkanes) is 2. The van der Waals surface area contributed by atoms with Crippen LogP contribution >= 0.6 is 0 Å². The number of rotatable bonds is 7. The molecular formula is C12H23O+. The van der Waals surface area contributed by atoms with Gasteiger partial charge < -0.3 is 4.74 Å². The maximum Gasteiger partial charge on any atom is 0.0873 e.